The second kappa shape index (κ2) is 5.62. The molecule has 0 atom stereocenters. The van der Waals surface area contributed by atoms with Crippen molar-refractivity contribution in [3.63, 3.8) is 0 Å². The van der Waals surface area contributed by atoms with Gasteiger partial charge in [0.05, 0.1) is 17.1 Å². The molecule has 2 aromatic carbocycles. The molecule has 0 spiro atoms. The van der Waals surface area contributed by atoms with Gasteiger partial charge in [0, 0.05) is 22.0 Å². The Hall–Kier alpha value is -3.81. The molecule has 3 N–H and O–H groups in total. The van der Waals surface area contributed by atoms with Gasteiger partial charge in [0.1, 0.15) is 6.54 Å². The van der Waals surface area contributed by atoms with Gasteiger partial charge < -0.3 is 10.3 Å². The zero-order chi connectivity index (χ0) is 17.5. The van der Waals surface area contributed by atoms with Crippen molar-refractivity contribution < 1.29 is 4.79 Å². The van der Waals surface area contributed by atoms with Gasteiger partial charge in [-0.25, -0.2) is 0 Å². The summed E-state index contributed by atoms with van der Waals surface area (Å²) in [5.74, 6) is 0.368. The number of nitrogens with one attached hydrogen (secondary N) is 3. The zero-order valence-corrected chi connectivity index (χ0v) is 13.5. The van der Waals surface area contributed by atoms with Gasteiger partial charge in [0.2, 0.25) is 11.7 Å². The number of aliphatic imine (C=N–C) groups is 1. The topological polar surface area (TPSA) is 112 Å². The number of aromatic amines is 2. The van der Waals surface area contributed by atoms with E-state index in [-0.39, 0.29) is 12.5 Å². The van der Waals surface area contributed by atoms with E-state index in [2.05, 4.69) is 35.9 Å². The van der Waals surface area contributed by atoms with E-state index < -0.39 is 0 Å². The van der Waals surface area contributed by atoms with Crippen LogP contribution in [0.25, 0.3) is 22.3 Å². The molecule has 0 bridgehead atoms. The summed E-state index contributed by atoms with van der Waals surface area (Å²) in [6, 6.07) is 15.6. The van der Waals surface area contributed by atoms with E-state index in [9.17, 15) is 4.79 Å². The van der Waals surface area contributed by atoms with Crippen LogP contribution in [0, 0.1) is 0 Å². The quantitative estimate of drug-likeness (QED) is 0.517. The molecule has 126 valence electrons. The number of H-pyrrole nitrogens is 2. The van der Waals surface area contributed by atoms with Crippen LogP contribution in [0.1, 0.15) is 11.3 Å². The first-order chi connectivity index (χ1) is 12.8. The number of aromatic nitrogens is 5. The first kappa shape index (κ1) is 14.5. The highest BCUT2D eigenvalue weighted by molar-refractivity contribution is 6.22. The summed E-state index contributed by atoms with van der Waals surface area (Å²) in [7, 11) is 0. The monoisotopic (exact) mass is 343 g/mol. The van der Waals surface area contributed by atoms with Crippen molar-refractivity contribution >= 4 is 28.2 Å². The van der Waals surface area contributed by atoms with Crippen LogP contribution in [0.15, 0.2) is 53.5 Å². The molecule has 0 saturated carbocycles. The lowest BCUT2D eigenvalue weighted by Crippen LogP contribution is -2.13. The summed E-state index contributed by atoms with van der Waals surface area (Å²) in [5, 5.41) is 18.0. The molecular weight excluding hydrogens is 330 g/mol. The molecule has 0 saturated heterocycles. The van der Waals surface area contributed by atoms with Crippen molar-refractivity contribution in [3.8, 4) is 11.4 Å². The van der Waals surface area contributed by atoms with Crippen LogP contribution in [-0.4, -0.2) is 43.8 Å². The molecule has 26 heavy (non-hydrogen) atoms. The van der Waals surface area contributed by atoms with Crippen molar-refractivity contribution in [2.24, 2.45) is 4.99 Å². The number of amides is 1. The molecule has 8 nitrogen and oxygen atoms in total. The lowest BCUT2D eigenvalue weighted by atomic mass is 10.0. The molecule has 1 aliphatic rings. The number of carbonyl (C=O) groups is 1. The Labute approximate surface area is 147 Å². The molecule has 0 radical (unpaired) electrons. The Kier molecular flexibility index (Phi) is 3.14. The molecule has 1 amide bonds. The van der Waals surface area contributed by atoms with Crippen LogP contribution in [-0.2, 0) is 4.79 Å². The summed E-state index contributed by atoms with van der Waals surface area (Å²) in [6.45, 7) is 0.0681. The lowest BCUT2D eigenvalue weighted by Gasteiger charge is -2.07. The molecule has 1 aliphatic heterocycles. The maximum atomic E-state index is 12.2. The van der Waals surface area contributed by atoms with Gasteiger partial charge >= 0.3 is 0 Å². The average molecular weight is 343 g/mol. The highest BCUT2D eigenvalue weighted by Crippen LogP contribution is 2.31. The number of tetrazole rings is 1. The van der Waals surface area contributed by atoms with Crippen LogP contribution in [0.3, 0.4) is 0 Å². The summed E-state index contributed by atoms with van der Waals surface area (Å²) < 4.78 is 0. The third-order valence-electron chi connectivity index (χ3n) is 4.33. The zero-order valence-electron chi connectivity index (χ0n) is 13.5. The molecule has 4 aromatic rings. The second-order valence-corrected chi connectivity index (χ2v) is 5.95. The second-order valence-electron chi connectivity index (χ2n) is 5.95. The van der Waals surface area contributed by atoms with E-state index in [4.69, 9.17) is 0 Å². The first-order valence-corrected chi connectivity index (χ1v) is 8.09. The number of anilines is 1. The number of carbonyl (C=O) groups excluding carboxylic acids is 1. The number of fused-ring (bicyclic) bond motifs is 3. The van der Waals surface area contributed by atoms with Crippen molar-refractivity contribution in [2.45, 2.75) is 0 Å². The fraction of sp³-hybridized carbons (Fsp3) is 0.0556. The Morgan fingerprint density at radius 2 is 1.88 bits per heavy atom. The number of rotatable bonds is 2. The predicted molar refractivity (Wildman–Crippen MR) is 97.0 cm³/mol. The molecular formula is C18H13N7O. The third kappa shape index (κ3) is 2.27. The van der Waals surface area contributed by atoms with E-state index >= 15 is 0 Å². The van der Waals surface area contributed by atoms with Crippen molar-refractivity contribution in [2.75, 3.05) is 11.9 Å². The number of hydrogen-bond acceptors (Lipinski definition) is 5. The Balaban J connectivity index is 1.70. The number of hydrogen-bond donors (Lipinski definition) is 3. The minimum absolute atomic E-state index is 0.0681. The van der Waals surface area contributed by atoms with E-state index in [1.807, 2.05) is 48.5 Å². The van der Waals surface area contributed by atoms with Crippen LogP contribution in [0.2, 0.25) is 0 Å². The van der Waals surface area contributed by atoms with Gasteiger partial charge in [-0.15, -0.1) is 10.2 Å². The Bertz CT molecular complexity index is 1160. The molecule has 5 rings (SSSR count). The minimum atomic E-state index is -0.139. The van der Waals surface area contributed by atoms with Crippen LogP contribution >= 0.6 is 0 Å². The maximum absolute atomic E-state index is 12.2. The van der Waals surface area contributed by atoms with Gasteiger partial charge in [-0.1, -0.05) is 36.4 Å². The molecule has 8 heteroatoms. The predicted octanol–water partition coefficient (Wildman–Crippen LogP) is 2.14. The van der Waals surface area contributed by atoms with Gasteiger partial charge in [-0.3, -0.25) is 9.79 Å². The molecule has 0 fully saturated rings. The van der Waals surface area contributed by atoms with E-state index in [0.29, 0.717) is 5.82 Å². The fourth-order valence-corrected chi connectivity index (χ4v) is 3.18. The van der Waals surface area contributed by atoms with Crippen LogP contribution in [0.5, 0.6) is 0 Å². The highest BCUT2D eigenvalue weighted by atomic mass is 16.1. The largest absolute Gasteiger partial charge is 0.351 e. The van der Waals surface area contributed by atoms with Gasteiger partial charge in [0.25, 0.3) is 0 Å². The van der Waals surface area contributed by atoms with Crippen molar-refractivity contribution in [3.05, 3.63) is 59.8 Å². The first-order valence-electron chi connectivity index (χ1n) is 8.09. The fourth-order valence-electron chi connectivity index (χ4n) is 3.18. The number of nitrogens with zero attached hydrogens (tertiary/aromatic N) is 4. The molecule has 0 unspecified atom stereocenters. The van der Waals surface area contributed by atoms with E-state index in [1.54, 1.807) is 0 Å². The smallest absolute Gasteiger partial charge is 0.246 e. The average Bonchev–Trinajstić information content (AvgIpc) is 3.28. The number of benzene rings is 2. The minimum Gasteiger partial charge on any atom is -0.351 e. The van der Waals surface area contributed by atoms with Crippen LogP contribution < -0.4 is 5.32 Å². The van der Waals surface area contributed by atoms with E-state index in [1.165, 1.54) is 0 Å². The van der Waals surface area contributed by atoms with Gasteiger partial charge in [-0.05, 0) is 17.3 Å². The third-order valence-corrected chi connectivity index (χ3v) is 4.33. The summed E-state index contributed by atoms with van der Waals surface area (Å²) in [5.41, 5.74) is 4.91. The SMILES string of the molecule is O=C1CN=C(c2cccc(-c3nn[nH]n3)c2)c2[nH]c3ccccc3c2N1. The standard InChI is InChI=1S/C18H13N7O/c26-14-9-19-15(10-4-3-5-11(8-10)18-22-24-25-23-18)17-16(21-14)12-6-1-2-7-13(12)20-17/h1-8,20H,9H2,(H,21,26)(H,22,23,24,25). The highest BCUT2D eigenvalue weighted by Gasteiger charge is 2.22. The Morgan fingerprint density at radius 3 is 2.77 bits per heavy atom. The number of para-hydroxylation sites is 1. The molecule has 2 aromatic heterocycles. The Morgan fingerprint density at radius 1 is 1.00 bits per heavy atom. The summed E-state index contributed by atoms with van der Waals surface area (Å²) in [4.78, 5) is 20.1. The van der Waals surface area contributed by atoms with Gasteiger partial charge in [-0.2, -0.15) is 5.21 Å². The van der Waals surface area contributed by atoms with Crippen molar-refractivity contribution in [1.29, 1.82) is 0 Å². The normalized spacial score (nSPS) is 13.8. The maximum Gasteiger partial charge on any atom is 0.246 e. The lowest BCUT2D eigenvalue weighted by molar-refractivity contribution is -0.114. The van der Waals surface area contributed by atoms with Crippen LogP contribution in [0.4, 0.5) is 5.69 Å². The van der Waals surface area contributed by atoms with E-state index in [0.717, 1.165) is 39.1 Å². The van der Waals surface area contributed by atoms with Crippen molar-refractivity contribution in [1.82, 2.24) is 25.6 Å². The molecule has 3 heterocycles. The summed E-state index contributed by atoms with van der Waals surface area (Å²) >= 11 is 0. The summed E-state index contributed by atoms with van der Waals surface area (Å²) in [6.07, 6.45) is 0. The van der Waals surface area contributed by atoms with Gasteiger partial charge in [0.15, 0.2) is 0 Å². The molecule has 0 aliphatic carbocycles.